The molecule has 0 saturated heterocycles. The second-order valence-electron chi connectivity index (χ2n) is 5.50. The lowest BCUT2D eigenvalue weighted by Crippen LogP contribution is -2.19. The zero-order valence-corrected chi connectivity index (χ0v) is 13.3. The highest BCUT2D eigenvalue weighted by Gasteiger charge is 2.18. The predicted molar refractivity (Wildman–Crippen MR) is 78.0 cm³/mol. The molecule has 0 fully saturated rings. The summed E-state index contributed by atoms with van der Waals surface area (Å²) in [7, 11) is 0. The van der Waals surface area contributed by atoms with Crippen molar-refractivity contribution in [2.75, 3.05) is 18.5 Å². The molecule has 0 amide bonds. The van der Waals surface area contributed by atoms with Crippen LogP contribution in [0.1, 0.15) is 40.4 Å². The van der Waals surface area contributed by atoms with E-state index in [4.69, 9.17) is 4.74 Å². The van der Waals surface area contributed by atoms with Gasteiger partial charge in [0.1, 0.15) is 16.2 Å². The zero-order valence-electron chi connectivity index (χ0n) is 11.7. The lowest BCUT2D eigenvalue weighted by Gasteiger charge is -2.18. The van der Waals surface area contributed by atoms with Gasteiger partial charge in [0.2, 0.25) is 0 Å². The van der Waals surface area contributed by atoms with Crippen LogP contribution in [0.5, 0.6) is 0 Å². The smallest absolute Gasteiger partial charge is 0.137 e. The summed E-state index contributed by atoms with van der Waals surface area (Å²) in [5.74, 6) is 1.65. The van der Waals surface area contributed by atoms with Crippen molar-refractivity contribution in [3.8, 4) is 0 Å². The molecule has 1 N–H and O–H groups in total. The first-order valence-corrected chi connectivity index (χ1v) is 6.99. The number of hydrogen-bond donors (Lipinski definition) is 1. The molecule has 0 aliphatic heterocycles. The minimum absolute atomic E-state index is 0.0609. The molecule has 0 bridgehead atoms. The summed E-state index contributed by atoms with van der Waals surface area (Å²) in [5.41, 5.74) is -0.0609. The Morgan fingerprint density at radius 1 is 1.33 bits per heavy atom. The van der Waals surface area contributed by atoms with Gasteiger partial charge >= 0.3 is 0 Å². The number of ether oxygens (including phenoxy) is 1. The molecule has 0 unspecified atom stereocenters. The van der Waals surface area contributed by atoms with E-state index in [-0.39, 0.29) is 11.5 Å². The number of halogens is 1. The number of hydrogen-bond acceptors (Lipinski definition) is 4. The van der Waals surface area contributed by atoms with Gasteiger partial charge in [0.25, 0.3) is 0 Å². The van der Waals surface area contributed by atoms with E-state index in [9.17, 15) is 0 Å². The largest absolute Gasteiger partial charge is 0.377 e. The molecule has 0 aliphatic rings. The van der Waals surface area contributed by atoms with Crippen LogP contribution in [-0.2, 0) is 10.2 Å². The first-order valence-electron chi connectivity index (χ1n) is 6.19. The van der Waals surface area contributed by atoms with Crippen molar-refractivity contribution in [3.05, 3.63) is 16.5 Å². The van der Waals surface area contributed by atoms with E-state index in [0.717, 1.165) is 22.8 Å². The van der Waals surface area contributed by atoms with Gasteiger partial charge in [0, 0.05) is 18.0 Å². The molecule has 1 aromatic heterocycles. The zero-order chi connectivity index (χ0) is 13.8. The van der Waals surface area contributed by atoms with Gasteiger partial charge in [-0.2, -0.15) is 0 Å². The Balaban J connectivity index is 2.63. The third kappa shape index (κ3) is 5.31. The Labute approximate surface area is 118 Å². The summed E-state index contributed by atoms with van der Waals surface area (Å²) in [4.78, 5) is 8.91. The number of nitrogens with zero attached hydrogens (tertiary/aromatic N) is 2. The molecule has 1 aromatic rings. The fraction of sp³-hybridized carbons (Fsp3) is 0.692. The van der Waals surface area contributed by atoms with E-state index in [1.165, 1.54) is 0 Å². The molecule has 0 aromatic carbocycles. The van der Waals surface area contributed by atoms with Crippen LogP contribution in [0.3, 0.4) is 0 Å². The number of nitrogens with one attached hydrogen (secondary N) is 1. The van der Waals surface area contributed by atoms with Gasteiger partial charge in [-0.25, -0.2) is 9.97 Å². The van der Waals surface area contributed by atoms with Crippen LogP contribution in [0.4, 0.5) is 5.82 Å². The second kappa shape index (κ2) is 6.48. The number of rotatable bonds is 5. The molecule has 0 radical (unpaired) electrons. The van der Waals surface area contributed by atoms with Gasteiger partial charge in [0.05, 0.1) is 12.7 Å². The van der Waals surface area contributed by atoms with Crippen molar-refractivity contribution in [1.29, 1.82) is 0 Å². The van der Waals surface area contributed by atoms with Gasteiger partial charge < -0.3 is 10.1 Å². The van der Waals surface area contributed by atoms with E-state index in [1.807, 2.05) is 19.9 Å². The molecular weight excluding hydrogens is 294 g/mol. The standard InChI is InChI=1S/C13H22BrN3O/c1-9(2)18-7-6-15-11-8-10(14)16-12(17-11)13(3,4)5/h8-9H,6-7H2,1-5H3,(H,15,16,17). The maximum atomic E-state index is 5.47. The average molecular weight is 316 g/mol. The summed E-state index contributed by atoms with van der Waals surface area (Å²) in [6.07, 6.45) is 0.258. The fourth-order valence-corrected chi connectivity index (χ4v) is 1.70. The van der Waals surface area contributed by atoms with E-state index in [2.05, 4.69) is 52.0 Å². The highest BCUT2D eigenvalue weighted by Crippen LogP contribution is 2.22. The molecule has 18 heavy (non-hydrogen) atoms. The highest BCUT2D eigenvalue weighted by atomic mass is 79.9. The van der Waals surface area contributed by atoms with Gasteiger partial charge in [0.15, 0.2) is 0 Å². The predicted octanol–water partition coefficient (Wildman–Crippen LogP) is 3.37. The van der Waals surface area contributed by atoms with Crippen molar-refractivity contribution in [2.24, 2.45) is 0 Å². The molecule has 1 heterocycles. The Bertz CT molecular complexity index is 388. The Morgan fingerprint density at radius 2 is 2.00 bits per heavy atom. The average Bonchev–Trinajstić information content (AvgIpc) is 2.22. The van der Waals surface area contributed by atoms with E-state index >= 15 is 0 Å². The maximum absolute atomic E-state index is 5.47. The maximum Gasteiger partial charge on any atom is 0.137 e. The summed E-state index contributed by atoms with van der Waals surface area (Å²) < 4.78 is 6.27. The molecule has 4 nitrogen and oxygen atoms in total. The van der Waals surface area contributed by atoms with Gasteiger partial charge in [-0.3, -0.25) is 0 Å². The van der Waals surface area contributed by atoms with Gasteiger partial charge in [-0.05, 0) is 29.8 Å². The number of aromatic nitrogens is 2. The second-order valence-corrected chi connectivity index (χ2v) is 6.31. The molecular formula is C13H22BrN3O. The Morgan fingerprint density at radius 3 is 2.56 bits per heavy atom. The van der Waals surface area contributed by atoms with Crippen LogP contribution in [-0.4, -0.2) is 29.2 Å². The van der Waals surface area contributed by atoms with Crippen LogP contribution < -0.4 is 5.32 Å². The molecule has 5 heteroatoms. The molecule has 102 valence electrons. The quantitative estimate of drug-likeness (QED) is 0.668. The Hall–Kier alpha value is -0.680. The van der Waals surface area contributed by atoms with Gasteiger partial charge in [-0.1, -0.05) is 20.8 Å². The van der Waals surface area contributed by atoms with E-state index < -0.39 is 0 Å². The third-order valence-corrected chi connectivity index (χ3v) is 2.63. The molecule has 0 spiro atoms. The summed E-state index contributed by atoms with van der Waals surface area (Å²) in [6, 6.07) is 1.88. The summed E-state index contributed by atoms with van der Waals surface area (Å²) in [5, 5.41) is 3.25. The van der Waals surface area contributed by atoms with Gasteiger partial charge in [-0.15, -0.1) is 0 Å². The highest BCUT2D eigenvalue weighted by molar-refractivity contribution is 9.10. The van der Waals surface area contributed by atoms with E-state index in [1.54, 1.807) is 0 Å². The van der Waals surface area contributed by atoms with E-state index in [0.29, 0.717) is 6.61 Å². The lowest BCUT2D eigenvalue weighted by atomic mass is 9.96. The minimum Gasteiger partial charge on any atom is -0.377 e. The molecule has 0 saturated carbocycles. The van der Waals surface area contributed by atoms with Crippen molar-refractivity contribution < 1.29 is 4.74 Å². The minimum atomic E-state index is -0.0609. The SMILES string of the molecule is CC(C)OCCNc1cc(Br)nc(C(C)(C)C)n1. The summed E-state index contributed by atoms with van der Waals surface area (Å²) >= 11 is 3.42. The normalized spacial score (nSPS) is 11.9. The monoisotopic (exact) mass is 315 g/mol. The first kappa shape index (κ1) is 15.4. The van der Waals surface area contributed by atoms with Crippen molar-refractivity contribution in [3.63, 3.8) is 0 Å². The van der Waals surface area contributed by atoms with Crippen LogP contribution in [0, 0.1) is 0 Å². The van der Waals surface area contributed by atoms with Crippen LogP contribution in [0.15, 0.2) is 10.7 Å². The van der Waals surface area contributed by atoms with Crippen LogP contribution in [0.25, 0.3) is 0 Å². The van der Waals surface area contributed by atoms with Crippen molar-refractivity contribution >= 4 is 21.7 Å². The summed E-state index contributed by atoms with van der Waals surface area (Å²) in [6.45, 7) is 11.8. The lowest BCUT2D eigenvalue weighted by molar-refractivity contribution is 0.0870. The molecule has 1 rings (SSSR count). The Kier molecular flexibility index (Phi) is 5.53. The third-order valence-electron chi connectivity index (χ3n) is 2.23. The van der Waals surface area contributed by atoms with Crippen molar-refractivity contribution in [2.45, 2.75) is 46.1 Å². The van der Waals surface area contributed by atoms with Crippen LogP contribution in [0.2, 0.25) is 0 Å². The molecule has 0 atom stereocenters. The van der Waals surface area contributed by atoms with Crippen molar-refractivity contribution in [1.82, 2.24) is 9.97 Å². The first-order chi connectivity index (χ1) is 8.29. The fourth-order valence-electron chi connectivity index (χ4n) is 1.32. The van der Waals surface area contributed by atoms with Crippen LogP contribution >= 0.6 is 15.9 Å². The number of anilines is 1. The molecule has 0 aliphatic carbocycles. The topological polar surface area (TPSA) is 47.0 Å².